The molecule has 64 valence electrons. The average Bonchev–Trinajstić information content (AvgIpc) is 2.34. The van der Waals surface area contributed by atoms with Gasteiger partial charge in [0.25, 0.3) is 0 Å². The third-order valence-corrected chi connectivity index (χ3v) is 1.26. The van der Waals surface area contributed by atoms with Crippen molar-refractivity contribution in [2.45, 2.75) is 20.4 Å². The first kappa shape index (κ1) is 9.94. The van der Waals surface area contributed by atoms with Gasteiger partial charge in [0.15, 0.2) is 11.9 Å². The molecule has 0 radical (unpaired) electrons. The van der Waals surface area contributed by atoms with E-state index in [0.717, 1.165) is 0 Å². The van der Waals surface area contributed by atoms with Gasteiger partial charge in [0, 0.05) is 6.92 Å². The van der Waals surface area contributed by atoms with E-state index in [-0.39, 0.29) is 13.4 Å². The van der Waals surface area contributed by atoms with Gasteiger partial charge in [-0.3, -0.25) is 0 Å². The molecule has 4 heteroatoms. The number of rotatable bonds is 1. The molecule has 0 aliphatic carbocycles. The molecule has 0 amide bonds. The van der Waals surface area contributed by atoms with Crippen LogP contribution in [0.3, 0.4) is 0 Å². The standard InChI is InChI=1S/C6H9NO3.CH4/c1-4-7-5(3-10-4)6(8)9-2;/h5H,3H2,1-2H3;1H4. The van der Waals surface area contributed by atoms with Crippen molar-refractivity contribution in [1.29, 1.82) is 0 Å². The fraction of sp³-hybridized carbons (Fsp3) is 0.714. The maximum absolute atomic E-state index is 10.8. The third-order valence-electron chi connectivity index (χ3n) is 1.26. The van der Waals surface area contributed by atoms with Gasteiger partial charge in [0.05, 0.1) is 7.11 Å². The van der Waals surface area contributed by atoms with Crippen molar-refractivity contribution in [2.24, 2.45) is 4.99 Å². The summed E-state index contributed by atoms with van der Waals surface area (Å²) in [5.74, 6) is 0.215. The molecule has 0 bridgehead atoms. The lowest BCUT2D eigenvalue weighted by atomic mass is 10.3. The molecule has 1 aliphatic heterocycles. The smallest absolute Gasteiger partial charge is 0.334 e. The van der Waals surface area contributed by atoms with E-state index in [4.69, 9.17) is 4.74 Å². The van der Waals surface area contributed by atoms with Crippen molar-refractivity contribution in [1.82, 2.24) is 0 Å². The molecular formula is C7H13NO3. The topological polar surface area (TPSA) is 47.9 Å². The van der Waals surface area contributed by atoms with Crippen molar-refractivity contribution in [2.75, 3.05) is 13.7 Å². The first-order chi connectivity index (χ1) is 4.74. The molecule has 0 aromatic rings. The van der Waals surface area contributed by atoms with Crippen LogP contribution in [-0.2, 0) is 14.3 Å². The van der Waals surface area contributed by atoms with Gasteiger partial charge in [-0.2, -0.15) is 0 Å². The van der Waals surface area contributed by atoms with E-state index in [1.807, 2.05) is 0 Å². The van der Waals surface area contributed by atoms with E-state index in [2.05, 4.69) is 9.73 Å². The number of methoxy groups -OCH3 is 1. The second kappa shape index (κ2) is 3.95. The van der Waals surface area contributed by atoms with Gasteiger partial charge in [0.2, 0.25) is 0 Å². The summed E-state index contributed by atoms with van der Waals surface area (Å²) >= 11 is 0. The summed E-state index contributed by atoms with van der Waals surface area (Å²) in [5.41, 5.74) is 0. The molecule has 1 atom stereocenters. The fourth-order valence-electron chi connectivity index (χ4n) is 0.750. The van der Waals surface area contributed by atoms with E-state index in [0.29, 0.717) is 12.5 Å². The molecule has 0 N–H and O–H groups in total. The highest BCUT2D eigenvalue weighted by Gasteiger charge is 2.23. The molecule has 1 unspecified atom stereocenters. The Kier molecular flexibility index (Phi) is 3.57. The molecule has 1 rings (SSSR count). The van der Waals surface area contributed by atoms with Gasteiger partial charge in [-0.25, -0.2) is 9.79 Å². The Morgan fingerprint density at radius 1 is 1.82 bits per heavy atom. The van der Waals surface area contributed by atoms with Crippen LogP contribution >= 0.6 is 0 Å². The number of esters is 1. The maximum atomic E-state index is 10.8. The van der Waals surface area contributed by atoms with E-state index < -0.39 is 6.04 Å². The lowest BCUT2D eigenvalue weighted by molar-refractivity contribution is -0.142. The van der Waals surface area contributed by atoms with E-state index >= 15 is 0 Å². The Balaban J connectivity index is 0.000001000. The maximum Gasteiger partial charge on any atom is 0.334 e. The van der Waals surface area contributed by atoms with E-state index in [9.17, 15) is 4.79 Å². The van der Waals surface area contributed by atoms with Crippen LogP contribution in [0.5, 0.6) is 0 Å². The Bertz CT molecular complexity index is 177. The summed E-state index contributed by atoms with van der Waals surface area (Å²) in [6.45, 7) is 2.03. The predicted molar refractivity (Wildman–Crippen MR) is 41.6 cm³/mol. The van der Waals surface area contributed by atoms with Gasteiger partial charge in [-0.15, -0.1) is 0 Å². The van der Waals surface area contributed by atoms with Gasteiger partial charge >= 0.3 is 5.97 Å². The van der Waals surface area contributed by atoms with Crippen LogP contribution in [-0.4, -0.2) is 31.6 Å². The van der Waals surface area contributed by atoms with Gasteiger partial charge < -0.3 is 9.47 Å². The van der Waals surface area contributed by atoms with Crippen molar-refractivity contribution in [3.8, 4) is 0 Å². The van der Waals surface area contributed by atoms with Gasteiger partial charge in [0.1, 0.15) is 6.61 Å². The Hall–Kier alpha value is -1.06. The van der Waals surface area contributed by atoms with E-state index in [1.54, 1.807) is 6.92 Å². The highest BCUT2D eigenvalue weighted by molar-refractivity contribution is 5.84. The minimum atomic E-state index is -0.440. The first-order valence-corrected chi connectivity index (χ1v) is 2.99. The van der Waals surface area contributed by atoms with Crippen molar-refractivity contribution < 1.29 is 14.3 Å². The molecule has 0 fully saturated rings. The highest BCUT2D eigenvalue weighted by Crippen LogP contribution is 2.04. The molecular weight excluding hydrogens is 146 g/mol. The zero-order valence-electron chi connectivity index (χ0n) is 5.96. The number of nitrogens with zero attached hydrogens (tertiary/aromatic N) is 1. The molecule has 11 heavy (non-hydrogen) atoms. The number of hydrogen-bond acceptors (Lipinski definition) is 4. The van der Waals surface area contributed by atoms with Crippen LogP contribution in [0.25, 0.3) is 0 Å². The molecule has 0 saturated heterocycles. The van der Waals surface area contributed by atoms with Crippen LogP contribution < -0.4 is 0 Å². The van der Waals surface area contributed by atoms with Crippen LogP contribution in [0, 0.1) is 0 Å². The van der Waals surface area contributed by atoms with Crippen LogP contribution in [0.2, 0.25) is 0 Å². The lowest BCUT2D eigenvalue weighted by Crippen LogP contribution is -2.21. The second-order valence-corrected chi connectivity index (χ2v) is 2.00. The quantitative estimate of drug-likeness (QED) is 0.527. The zero-order chi connectivity index (χ0) is 7.56. The van der Waals surface area contributed by atoms with Gasteiger partial charge in [-0.1, -0.05) is 7.43 Å². The number of carbonyl (C=O) groups is 1. The first-order valence-electron chi connectivity index (χ1n) is 2.99. The molecule has 1 aliphatic rings. The van der Waals surface area contributed by atoms with E-state index in [1.165, 1.54) is 7.11 Å². The second-order valence-electron chi connectivity index (χ2n) is 2.00. The third kappa shape index (κ3) is 2.22. The minimum absolute atomic E-state index is 0. The Morgan fingerprint density at radius 2 is 2.45 bits per heavy atom. The fourth-order valence-corrected chi connectivity index (χ4v) is 0.750. The monoisotopic (exact) mass is 159 g/mol. The lowest BCUT2D eigenvalue weighted by Gasteiger charge is -1.99. The SMILES string of the molecule is C.COC(=O)C1COC(C)=N1. The highest BCUT2D eigenvalue weighted by atomic mass is 16.5. The van der Waals surface area contributed by atoms with Crippen molar-refractivity contribution >= 4 is 11.9 Å². The Morgan fingerprint density at radius 3 is 2.82 bits per heavy atom. The largest absolute Gasteiger partial charge is 0.478 e. The minimum Gasteiger partial charge on any atom is -0.478 e. The molecule has 1 heterocycles. The molecule has 0 aromatic carbocycles. The summed E-state index contributed by atoms with van der Waals surface area (Å²) in [6, 6.07) is -0.440. The molecule has 4 nitrogen and oxygen atoms in total. The zero-order valence-corrected chi connectivity index (χ0v) is 5.96. The number of ether oxygens (including phenoxy) is 2. The summed E-state index contributed by atoms with van der Waals surface area (Å²) < 4.78 is 9.39. The number of aliphatic imine (C=N–C) groups is 1. The number of hydrogen-bond donors (Lipinski definition) is 0. The molecule has 0 spiro atoms. The van der Waals surface area contributed by atoms with Crippen LogP contribution in [0.4, 0.5) is 0 Å². The van der Waals surface area contributed by atoms with Crippen LogP contribution in [0.1, 0.15) is 14.4 Å². The summed E-state index contributed by atoms with van der Waals surface area (Å²) in [4.78, 5) is 14.6. The predicted octanol–water partition coefficient (Wildman–Crippen LogP) is 0.613. The normalized spacial score (nSPS) is 21.3. The van der Waals surface area contributed by atoms with Gasteiger partial charge in [-0.05, 0) is 0 Å². The average molecular weight is 159 g/mol. The summed E-state index contributed by atoms with van der Waals surface area (Å²) in [5, 5.41) is 0. The van der Waals surface area contributed by atoms with Crippen molar-refractivity contribution in [3.05, 3.63) is 0 Å². The molecule has 0 aromatic heterocycles. The Labute approximate surface area is 66.2 Å². The number of carbonyl (C=O) groups excluding carboxylic acids is 1. The summed E-state index contributed by atoms with van der Waals surface area (Å²) in [7, 11) is 1.34. The van der Waals surface area contributed by atoms with Crippen LogP contribution in [0.15, 0.2) is 4.99 Å². The van der Waals surface area contributed by atoms with Crippen molar-refractivity contribution in [3.63, 3.8) is 0 Å². The summed E-state index contributed by atoms with van der Waals surface area (Å²) in [6.07, 6.45) is 0. The molecule has 0 saturated carbocycles.